The number of likely N-dealkylation sites (N-methyl/N-ethyl adjacent to an activating group) is 1. The van der Waals surface area contributed by atoms with Crippen LogP contribution in [0, 0.1) is 0 Å². The van der Waals surface area contributed by atoms with Crippen molar-refractivity contribution in [3.63, 3.8) is 0 Å². The molecule has 232 valence electrons. The van der Waals surface area contributed by atoms with Crippen LogP contribution in [0.2, 0.25) is 0 Å². The van der Waals surface area contributed by atoms with Gasteiger partial charge in [-0.15, -0.1) is 0 Å². The van der Waals surface area contributed by atoms with Crippen LogP contribution < -0.4 is 15.5 Å². The van der Waals surface area contributed by atoms with Crippen molar-refractivity contribution in [3.8, 4) is 0 Å². The van der Waals surface area contributed by atoms with Crippen molar-refractivity contribution in [1.82, 2.24) is 25.1 Å². The Morgan fingerprint density at radius 1 is 1.09 bits per heavy atom. The number of amidine groups is 1. The molecule has 3 aromatic rings. The number of pyridine rings is 2. The SMILES string of the molecule is C=Nc1cncc(C2CC2)c1/C(=N\Cc1ccnc(Nc2cccc(N3CCN(C)CC3)c2)c1)N1CCNC(C(F)(F)F)C1. The van der Waals surface area contributed by atoms with Crippen molar-refractivity contribution < 1.29 is 13.2 Å². The van der Waals surface area contributed by atoms with Gasteiger partial charge in [0.25, 0.3) is 0 Å². The van der Waals surface area contributed by atoms with Gasteiger partial charge < -0.3 is 25.3 Å². The molecular weight excluding hydrogens is 567 g/mol. The minimum atomic E-state index is -4.37. The second-order valence-corrected chi connectivity index (χ2v) is 11.7. The molecule has 0 bridgehead atoms. The van der Waals surface area contributed by atoms with Gasteiger partial charge in [0.1, 0.15) is 17.7 Å². The average Bonchev–Trinajstić information content (AvgIpc) is 3.87. The molecule has 2 N–H and O–H groups in total. The van der Waals surface area contributed by atoms with Gasteiger partial charge >= 0.3 is 6.18 Å². The van der Waals surface area contributed by atoms with Gasteiger partial charge in [-0.25, -0.2) is 4.98 Å². The third-order valence-electron chi connectivity index (χ3n) is 8.46. The summed E-state index contributed by atoms with van der Waals surface area (Å²) in [6, 6.07) is 10.5. The maximum Gasteiger partial charge on any atom is 0.405 e. The number of alkyl halides is 3. The molecule has 0 spiro atoms. The molecule has 2 aliphatic heterocycles. The summed E-state index contributed by atoms with van der Waals surface area (Å²) >= 11 is 0. The van der Waals surface area contributed by atoms with Gasteiger partial charge in [0.2, 0.25) is 0 Å². The van der Waals surface area contributed by atoms with Crippen molar-refractivity contribution in [1.29, 1.82) is 0 Å². The Morgan fingerprint density at radius 2 is 1.91 bits per heavy atom. The third-order valence-corrected chi connectivity index (χ3v) is 8.46. The van der Waals surface area contributed by atoms with Crippen LogP contribution in [-0.4, -0.2) is 97.4 Å². The molecule has 1 atom stereocenters. The Labute approximate surface area is 255 Å². The number of nitrogens with zero attached hydrogens (tertiary/aromatic N) is 7. The lowest BCUT2D eigenvalue weighted by molar-refractivity contribution is -0.161. The summed E-state index contributed by atoms with van der Waals surface area (Å²) in [4.78, 5) is 24.5. The number of benzene rings is 1. The van der Waals surface area contributed by atoms with E-state index in [1.165, 1.54) is 0 Å². The van der Waals surface area contributed by atoms with Crippen LogP contribution >= 0.6 is 0 Å². The molecule has 44 heavy (non-hydrogen) atoms. The van der Waals surface area contributed by atoms with Crippen LogP contribution in [0.15, 0.2) is 65.0 Å². The highest BCUT2D eigenvalue weighted by Gasteiger charge is 2.43. The van der Waals surface area contributed by atoms with Crippen LogP contribution in [-0.2, 0) is 6.54 Å². The zero-order valence-electron chi connectivity index (χ0n) is 24.9. The number of hydrogen-bond acceptors (Lipinski definition) is 8. The summed E-state index contributed by atoms with van der Waals surface area (Å²) in [7, 11) is 2.14. The molecule has 1 aromatic carbocycles. The highest BCUT2D eigenvalue weighted by atomic mass is 19.4. The zero-order chi connectivity index (χ0) is 30.7. The first-order valence-electron chi connectivity index (χ1n) is 15.1. The predicted octanol–water partition coefficient (Wildman–Crippen LogP) is 4.96. The van der Waals surface area contributed by atoms with Crippen LogP contribution in [0.5, 0.6) is 0 Å². The van der Waals surface area contributed by atoms with Crippen molar-refractivity contribution in [2.24, 2.45) is 9.98 Å². The summed E-state index contributed by atoms with van der Waals surface area (Å²) in [5.41, 5.74) is 5.21. The molecule has 2 saturated heterocycles. The van der Waals surface area contributed by atoms with E-state index in [9.17, 15) is 13.2 Å². The third kappa shape index (κ3) is 7.02. The Hall–Kier alpha value is -4.03. The molecular formula is C32H38F3N9. The van der Waals surface area contributed by atoms with Gasteiger partial charge in [-0.05, 0) is 74.0 Å². The van der Waals surface area contributed by atoms with Crippen molar-refractivity contribution in [3.05, 3.63) is 71.7 Å². The van der Waals surface area contributed by atoms with Crippen LogP contribution in [0.25, 0.3) is 0 Å². The molecule has 1 aliphatic carbocycles. The molecule has 0 amide bonds. The van der Waals surface area contributed by atoms with Gasteiger partial charge in [0.05, 0.1) is 18.4 Å². The van der Waals surface area contributed by atoms with Gasteiger partial charge in [-0.3, -0.25) is 15.0 Å². The topological polar surface area (TPSA) is 84.3 Å². The number of rotatable bonds is 8. The Kier molecular flexibility index (Phi) is 8.81. The van der Waals surface area contributed by atoms with E-state index in [0.29, 0.717) is 29.8 Å². The standard InChI is InChI=1S/C32H38F3N9/c1-36-27-20-37-19-26(23-6-7-23)30(27)31(44-11-10-38-28(21-44)32(33,34)35)40-18-22-8-9-39-29(16-22)41-24-4-3-5-25(17-24)43-14-12-42(2)13-15-43/h3-5,8-9,16-17,19-20,23,28,38H,1,6-7,10-15,18,21H2,2H3,(H,39,41)/b40-31+. The highest BCUT2D eigenvalue weighted by molar-refractivity contribution is 6.04. The number of aliphatic imine (C=N–C) groups is 2. The molecule has 12 heteroatoms. The van der Waals surface area contributed by atoms with Crippen molar-refractivity contribution >= 4 is 35.4 Å². The molecule has 6 rings (SSSR count). The minimum absolute atomic E-state index is 0.195. The number of hydrogen-bond donors (Lipinski definition) is 2. The second-order valence-electron chi connectivity index (χ2n) is 11.7. The Bertz CT molecular complexity index is 1500. The maximum atomic E-state index is 13.8. The van der Waals surface area contributed by atoms with Crippen LogP contribution in [0.3, 0.4) is 0 Å². The quantitative estimate of drug-likeness (QED) is 0.277. The van der Waals surface area contributed by atoms with E-state index in [0.717, 1.165) is 67.1 Å². The van der Waals surface area contributed by atoms with Gasteiger partial charge in [0, 0.05) is 75.1 Å². The monoisotopic (exact) mass is 605 g/mol. The van der Waals surface area contributed by atoms with E-state index in [-0.39, 0.29) is 19.6 Å². The van der Waals surface area contributed by atoms with E-state index < -0.39 is 12.2 Å². The highest BCUT2D eigenvalue weighted by Crippen LogP contribution is 2.44. The summed E-state index contributed by atoms with van der Waals surface area (Å²) in [5, 5.41) is 6.03. The summed E-state index contributed by atoms with van der Waals surface area (Å²) in [6.07, 6.45) is 2.77. The summed E-state index contributed by atoms with van der Waals surface area (Å²) in [5.74, 6) is 1.47. The number of nitrogens with one attached hydrogen (secondary N) is 2. The molecule has 1 saturated carbocycles. The number of anilines is 3. The fraction of sp³-hybridized carbons (Fsp3) is 0.438. The lowest BCUT2D eigenvalue weighted by atomic mass is 10.0. The molecule has 9 nitrogen and oxygen atoms in total. The van der Waals surface area contributed by atoms with Gasteiger partial charge in [0.15, 0.2) is 0 Å². The lowest BCUT2D eigenvalue weighted by Gasteiger charge is -2.37. The number of aromatic nitrogens is 2. The van der Waals surface area contributed by atoms with E-state index in [1.807, 2.05) is 24.3 Å². The maximum absolute atomic E-state index is 13.8. The fourth-order valence-electron chi connectivity index (χ4n) is 5.83. The number of piperazine rings is 2. The number of halogens is 3. The Morgan fingerprint density at radius 3 is 2.66 bits per heavy atom. The predicted molar refractivity (Wildman–Crippen MR) is 169 cm³/mol. The van der Waals surface area contributed by atoms with Crippen LogP contribution in [0.4, 0.5) is 36.1 Å². The Balaban J connectivity index is 1.27. The van der Waals surface area contributed by atoms with Crippen molar-refractivity contribution in [2.75, 3.05) is 63.1 Å². The zero-order valence-corrected chi connectivity index (χ0v) is 24.9. The largest absolute Gasteiger partial charge is 0.405 e. The molecule has 2 aromatic heterocycles. The van der Waals surface area contributed by atoms with E-state index in [2.05, 4.69) is 61.3 Å². The summed E-state index contributed by atoms with van der Waals surface area (Å²) < 4.78 is 41.3. The van der Waals surface area contributed by atoms with Gasteiger partial charge in [-0.1, -0.05) is 6.07 Å². The molecule has 1 unspecified atom stereocenters. The van der Waals surface area contributed by atoms with Gasteiger partial charge in [-0.2, -0.15) is 13.2 Å². The first-order valence-corrected chi connectivity index (χ1v) is 15.1. The van der Waals surface area contributed by atoms with E-state index >= 15 is 0 Å². The summed E-state index contributed by atoms with van der Waals surface area (Å²) in [6.45, 7) is 8.35. The normalized spacial score (nSPS) is 20.1. The van der Waals surface area contributed by atoms with E-state index in [4.69, 9.17) is 4.99 Å². The van der Waals surface area contributed by atoms with E-state index in [1.54, 1.807) is 23.5 Å². The minimum Gasteiger partial charge on any atom is -0.369 e. The van der Waals surface area contributed by atoms with Crippen LogP contribution in [0.1, 0.15) is 35.4 Å². The molecule has 3 aliphatic rings. The fourth-order valence-corrected chi connectivity index (χ4v) is 5.83. The molecule has 4 heterocycles. The molecule has 0 radical (unpaired) electrons. The smallest absolute Gasteiger partial charge is 0.369 e. The average molecular weight is 606 g/mol. The first-order chi connectivity index (χ1) is 21.3. The second kappa shape index (κ2) is 12.9. The lowest BCUT2D eigenvalue weighted by Crippen LogP contribution is -2.58. The van der Waals surface area contributed by atoms with Crippen molar-refractivity contribution in [2.45, 2.75) is 37.5 Å². The first kappa shape index (κ1) is 30.0. The molecule has 3 fully saturated rings.